The highest BCUT2D eigenvalue weighted by molar-refractivity contribution is 5.30. The van der Waals surface area contributed by atoms with Crippen LogP contribution in [0.3, 0.4) is 0 Å². The first-order valence-electron chi connectivity index (χ1n) is 4.42. The second kappa shape index (κ2) is 3.46. The summed E-state index contributed by atoms with van der Waals surface area (Å²) < 4.78 is 3.16. The highest BCUT2D eigenvalue weighted by Crippen LogP contribution is 2.01. The van der Waals surface area contributed by atoms with Gasteiger partial charge < -0.3 is 0 Å². The molecule has 0 aliphatic rings. The van der Waals surface area contributed by atoms with Crippen molar-refractivity contribution in [3.05, 3.63) is 59.3 Å². The molecule has 0 saturated heterocycles. The van der Waals surface area contributed by atoms with E-state index in [-0.39, 0.29) is 5.69 Å². The lowest BCUT2D eigenvalue weighted by Crippen LogP contribution is -2.50. The van der Waals surface area contributed by atoms with Gasteiger partial charge in [0.05, 0.1) is 13.2 Å². The Morgan fingerprint density at radius 1 is 1.14 bits per heavy atom. The number of para-hydroxylation sites is 1. The van der Waals surface area contributed by atoms with Gasteiger partial charge in [-0.05, 0) is 12.1 Å². The minimum Gasteiger partial charge on any atom is -0.200 e. The van der Waals surface area contributed by atoms with Crippen LogP contribution in [0.2, 0.25) is 0 Å². The van der Waals surface area contributed by atoms with E-state index in [1.807, 2.05) is 36.4 Å². The summed E-state index contributed by atoms with van der Waals surface area (Å²) >= 11 is 0. The van der Waals surface area contributed by atoms with Gasteiger partial charge in [-0.3, -0.25) is 0 Å². The van der Waals surface area contributed by atoms with Crippen molar-refractivity contribution >= 4 is 0 Å². The van der Waals surface area contributed by atoms with Crippen LogP contribution in [0.4, 0.5) is 0 Å². The maximum Gasteiger partial charge on any atom is 0.502 e. The second-order valence-electron chi connectivity index (χ2n) is 3.09. The summed E-state index contributed by atoms with van der Waals surface area (Å²) in [4.78, 5) is 11.7. The average Bonchev–Trinajstić information content (AvgIpc) is 2.23. The van der Waals surface area contributed by atoms with Crippen molar-refractivity contribution < 1.29 is 4.57 Å². The zero-order valence-corrected chi connectivity index (χ0v) is 7.92. The number of hydrogen-bond donors (Lipinski definition) is 0. The van der Waals surface area contributed by atoms with Gasteiger partial charge in [0, 0.05) is 6.07 Å². The lowest BCUT2D eigenvalue weighted by atomic mass is 10.3. The lowest BCUT2D eigenvalue weighted by molar-refractivity contribution is -0.690. The van der Waals surface area contributed by atoms with Crippen LogP contribution in [0.1, 0.15) is 0 Å². The van der Waals surface area contributed by atoms with Gasteiger partial charge in [-0.15, -0.1) is 0 Å². The summed E-state index contributed by atoms with van der Waals surface area (Å²) in [5, 5.41) is 0. The predicted octanol–water partition coefficient (Wildman–Crippen LogP) is 0.662. The first kappa shape index (κ1) is 8.69. The van der Waals surface area contributed by atoms with E-state index in [0.717, 1.165) is 5.69 Å². The number of rotatable bonds is 1. The molecule has 2 rings (SSSR count). The van der Waals surface area contributed by atoms with Gasteiger partial charge in [0.2, 0.25) is 0 Å². The van der Waals surface area contributed by atoms with Crippen LogP contribution in [-0.2, 0) is 7.05 Å². The molecule has 0 aliphatic heterocycles. The first-order chi connectivity index (χ1) is 6.79. The Labute approximate surface area is 81.9 Å². The minimum absolute atomic E-state index is 0.0429. The molecule has 1 aromatic heterocycles. The van der Waals surface area contributed by atoms with Crippen LogP contribution in [0.15, 0.2) is 53.6 Å². The number of aromatic nitrogens is 2. The standard InChI is InChI=1S/C11H11N2O/c1-12-8-5-9-13(11(12)14)10-6-3-2-4-7-10/h2-9H,1H3/q+1. The van der Waals surface area contributed by atoms with Crippen molar-refractivity contribution in [1.82, 2.24) is 4.57 Å². The molecule has 0 spiro atoms. The van der Waals surface area contributed by atoms with Crippen LogP contribution in [0, 0.1) is 0 Å². The molecule has 1 heterocycles. The van der Waals surface area contributed by atoms with Gasteiger partial charge in [-0.1, -0.05) is 18.2 Å². The van der Waals surface area contributed by atoms with Crippen molar-refractivity contribution in [1.29, 1.82) is 0 Å². The molecule has 0 bridgehead atoms. The van der Waals surface area contributed by atoms with Gasteiger partial charge in [0.1, 0.15) is 11.9 Å². The molecule has 3 nitrogen and oxygen atoms in total. The molecule has 1 aromatic carbocycles. The van der Waals surface area contributed by atoms with Crippen molar-refractivity contribution in [2.24, 2.45) is 7.05 Å². The SMILES string of the molecule is C[n+]1cccn(-c2ccccc2)c1=O. The highest BCUT2D eigenvalue weighted by Gasteiger charge is 2.07. The molecule has 0 unspecified atom stereocenters. The minimum atomic E-state index is -0.0429. The molecule has 0 aliphatic carbocycles. The van der Waals surface area contributed by atoms with Crippen molar-refractivity contribution in [2.45, 2.75) is 0 Å². The topological polar surface area (TPSA) is 25.9 Å². The zero-order valence-electron chi connectivity index (χ0n) is 7.92. The van der Waals surface area contributed by atoms with Crippen LogP contribution in [0.25, 0.3) is 5.69 Å². The van der Waals surface area contributed by atoms with Crippen molar-refractivity contribution in [3.8, 4) is 5.69 Å². The second-order valence-corrected chi connectivity index (χ2v) is 3.09. The molecule has 3 heteroatoms. The number of hydrogen-bond acceptors (Lipinski definition) is 1. The van der Waals surface area contributed by atoms with Crippen LogP contribution < -0.4 is 10.3 Å². The average molecular weight is 187 g/mol. The fourth-order valence-electron chi connectivity index (χ4n) is 1.34. The Morgan fingerprint density at radius 2 is 1.86 bits per heavy atom. The summed E-state index contributed by atoms with van der Waals surface area (Å²) in [5.41, 5.74) is 0.840. The monoisotopic (exact) mass is 187 g/mol. The van der Waals surface area contributed by atoms with Gasteiger partial charge in [-0.2, -0.15) is 9.36 Å². The van der Waals surface area contributed by atoms with Gasteiger partial charge >= 0.3 is 5.69 Å². The maximum atomic E-state index is 11.7. The van der Waals surface area contributed by atoms with E-state index in [9.17, 15) is 4.79 Å². The fraction of sp³-hybridized carbons (Fsp3) is 0.0909. The number of benzene rings is 1. The third-order valence-electron chi connectivity index (χ3n) is 2.09. The molecule has 0 N–H and O–H groups in total. The van der Waals surface area contributed by atoms with Crippen LogP contribution in [-0.4, -0.2) is 4.57 Å². The molecule has 0 fully saturated rings. The Hall–Kier alpha value is -1.90. The smallest absolute Gasteiger partial charge is 0.200 e. The molecule has 0 amide bonds. The number of aryl methyl sites for hydroxylation is 1. The summed E-state index contributed by atoms with van der Waals surface area (Å²) in [6.45, 7) is 0. The quantitative estimate of drug-likeness (QED) is 0.602. The van der Waals surface area contributed by atoms with E-state index in [0.29, 0.717) is 0 Å². The third kappa shape index (κ3) is 1.44. The summed E-state index contributed by atoms with van der Waals surface area (Å²) in [6, 6.07) is 11.4. The largest absolute Gasteiger partial charge is 0.502 e. The van der Waals surface area contributed by atoms with Crippen LogP contribution in [0.5, 0.6) is 0 Å². The first-order valence-corrected chi connectivity index (χ1v) is 4.42. The molecule has 70 valence electrons. The Bertz CT molecular complexity index is 488. The maximum absolute atomic E-state index is 11.7. The molecule has 14 heavy (non-hydrogen) atoms. The fourth-order valence-corrected chi connectivity index (χ4v) is 1.34. The van der Waals surface area contributed by atoms with Gasteiger partial charge in [0.25, 0.3) is 0 Å². The molecular weight excluding hydrogens is 176 g/mol. The van der Waals surface area contributed by atoms with Gasteiger partial charge in [0.15, 0.2) is 0 Å². The van der Waals surface area contributed by atoms with Crippen LogP contribution >= 0.6 is 0 Å². The normalized spacial score (nSPS) is 10.1. The van der Waals surface area contributed by atoms with E-state index >= 15 is 0 Å². The summed E-state index contributed by atoms with van der Waals surface area (Å²) in [6.07, 6.45) is 3.50. The molecular formula is C11H11N2O+. The third-order valence-corrected chi connectivity index (χ3v) is 2.09. The van der Waals surface area contributed by atoms with E-state index in [2.05, 4.69) is 0 Å². The van der Waals surface area contributed by atoms with E-state index in [1.165, 1.54) is 0 Å². The molecule has 0 saturated carbocycles. The lowest BCUT2D eigenvalue weighted by Gasteiger charge is -1.97. The predicted molar refractivity (Wildman–Crippen MR) is 53.2 cm³/mol. The Morgan fingerprint density at radius 3 is 2.57 bits per heavy atom. The molecule has 2 aromatic rings. The zero-order chi connectivity index (χ0) is 9.97. The van der Waals surface area contributed by atoms with Crippen molar-refractivity contribution in [2.75, 3.05) is 0 Å². The van der Waals surface area contributed by atoms with Gasteiger partial charge in [-0.25, -0.2) is 4.57 Å². The van der Waals surface area contributed by atoms with E-state index < -0.39 is 0 Å². The summed E-state index contributed by atoms with van der Waals surface area (Å²) in [5.74, 6) is 0. The summed E-state index contributed by atoms with van der Waals surface area (Å²) in [7, 11) is 1.74. The Balaban J connectivity index is 2.64. The van der Waals surface area contributed by atoms with E-state index in [4.69, 9.17) is 0 Å². The van der Waals surface area contributed by atoms with E-state index in [1.54, 1.807) is 28.6 Å². The van der Waals surface area contributed by atoms with Crippen molar-refractivity contribution in [3.63, 3.8) is 0 Å². The Kier molecular flexibility index (Phi) is 2.14. The highest BCUT2D eigenvalue weighted by atomic mass is 16.1. The molecule has 0 radical (unpaired) electrons. The number of nitrogens with zero attached hydrogens (tertiary/aromatic N) is 2. The molecule has 0 atom stereocenters.